The molecular weight excluding hydrogens is 260 g/mol. The monoisotopic (exact) mass is 276 g/mol. The van der Waals surface area contributed by atoms with Crippen LogP contribution >= 0.6 is 0 Å². The fourth-order valence-corrected chi connectivity index (χ4v) is 2.31. The van der Waals surface area contributed by atoms with Gasteiger partial charge in [-0.2, -0.15) is 4.98 Å². The summed E-state index contributed by atoms with van der Waals surface area (Å²) in [5.74, 6) is 0. The van der Waals surface area contributed by atoms with Gasteiger partial charge < -0.3 is 14.6 Å². The summed E-state index contributed by atoms with van der Waals surface area (Å²) < 4.78 is 5.71. The molecule has 1 aromatic heterocycles. The molecule has 106 valence electrons. The number of rotatable bonds is 5. The number of nitrogens with zero attached hydrogens (tertiary/aromatic N) is 3. The van der Waals surface area contributed by atoms with Gasteiger partial charge in [0.15, 0.2) is 5.58 Å². The molecule has 1 fully saturated rings. The molecule has 0 amide bonds. The predicted octanol–water partition coefficient (Wildman–Crippen LogP) is 1.92. The predicted molar refractivity (Wildman–Crippen MR) is 75.0 cm³/mol. The van der Waals surface area contributed by atoms with Crippen LogP contribution in [0.3, 0.4) is 0 Å². The molecule has 1 aromatic carbocycles. The zero-order valence-electron chi connectivity index (χ0n) is 11.2. The summed E-state index contributed by atoms with van der Waals surface area (Å²) in [4.78, 5) is 16.9. The molecule has 1 aliphatic heterocycles. The summed E-state index contributed by atoms with van der Waals surface area (Å²) in [5.41, 5.74) is 1.13. The maximum atomic E-state index is 10.8. The molecule has 7 heteroatoms. The highest BCUT2D eigenvalue weighted by atomic mass is 16.6. The van der Waals surface area contributed by atoms with Gasteiger partial charge in [0.25, 0.3) is 11.7 Å². The summed E-state index contributed by atoms with van der Waals surface area (Å²) in [5, 5.41) is 14.0. The lowest BCUT2D eigenvalue weighted by atomic mass is 10.1. The van der Waals surface area contributed by atoms with E-state index < -0.39 is 4.92 Å². The number of anilines is 1. The van der Waals surface area contributed by atoms with Crippen LogP contribution in [-0.2, 0) is 0 Å². The molecule has 1 aliphatic rings. The highest BCUT2D eigenvalue weighted by molar-refractivity contribution is 5.77. The van der Waals surface area contributed by atoms with E-state index in [2.05, 4.69) is 22.1 Å². The van der Waals surface area contributed by atoms with E-state index in [4.69, 9.17) is 4.42 Å². The van der Waals surface area contributed by atoms with E-state index in [0.29, 0.717) is 23.2 Å². The lowest BCUT2D eigenvalue weighted by Gasteiger charge is -2.37. The van der Waals surface area contributed by atoms with Crippen LogP contribution in [0.1, 0.15) is 13.3 Å². The zero-order chi connectivity index (χ0) is 14.1. The minimum Gasteiger partial charge on any atom is -0.423 e. The van der Waals surface area contributed by atoms with Crippen LogP contribution in [0.5, 0.6) is 0 Å². The van der Waals surface area contributed by atoms with Gasteiger partial charge in [0, 0.05) is 25.7 Å². The van der Waals surface area contributed by atoms with E-state index in [1.54, 1.807) is 6.07 Å². The van der Waals surface area contributed by atoms with Gasteiger partial charge >= 0.3 is 0 Å². The smallest absolute Gasteiger partial charge is 0.298 e. The summed E-state index contributed by atoms with van der Waals surface area (Å²) in [6, 6.07) is 5.44. The molecule has 3 rings (SSSR count). The summed E-state index contributed by atoms with van der Waals surface area (Å²) in [7, 11) is 0. The summed E-state index contributed by atoms with van der Waals surface area (Å²) in [6.07, 6.45) is 0.995. The number of hydrogen-bond donors (Lipinski definition) is 1. The van der Waals surface area contributed by atoms with Crippen molar-refractivity contribution >= 4 is 22.8 Å². The third kappa shape index (κ3) is 2.20. The topological polar surface area (TPSA) is 84.4 Å². The Morgan fingerprint density at radius 1 is 1.55 bits per heavy atom. The molecule has 0 unspecified atom stereocenters. The van der Waals surface area contributed by atoms with Crippen molar-refractivity contribution < 1.29 is 9.34 Å². The van der Waals surface area contributed by atoms with Crippen molar-refractivity contribution in [1.82, 2.24) is 10.3 Å². The molecule has 2 aromatic rings. The molecule has 7 nitrogen and oxygen atoms in total. The molecule has 0 atom stereocenters. The van der Waals surface area contributed by atoms with Gasteiger partial charge in [0.2, 0.25) is 0 Å². The van der Waals surface area contributed by atoms with Gasteiger partial charge in [-0.3, -0.25) is 10.1 Å². The van der Waals surface area contributed by atoms with Gasteiger partial charge in [0.1, 0.15) is 5.52 Å². The fourth-order valence-electron chi connectivity index (χ4n) is 2.31. The Balaban J connectivity index is 1.95. The first-order valence-electron chi connectivity index (χ1n) is 6.71. The standard InChI is InChI=1S/C13H16N4O3/c1-2-5-16(10-7-14-8-10)13-15-11-4-3-9(17(18)19)6-12(11)20-13/h3-4,6,10,14H,2,5,7-8H2,1H3. The minimum absolute atomic E-state index is 0.0209. The highest BCUT2D eigenvalue weighted by Gasteiger charge is 2.27. The number of non-ortho nitro benzene ring substituents is 1. The maximum absolute atomic E-state index is 10.8. The van der Waals surface area contributed by atoms with Crippen LogP contribution in [-0.4, -0.2) is 35.6 Å². The number of nitro groups is 1. The summed E-state index contributed by atoms with van der Waals surface area (Å²) >= 11 is 0. The van der Waals surface area contributed by atoms with Crippen molar-refractivity contribution in [3.63, 3.8) is 0 Å². The Kier molecular flexibility index (Phi) is 3.27. The lowest BCUT2D eigenvalue weighted by Crippen LogP contribution is -2.57. The minimum atomic E-state index is -0.429. The Hall–Kier alpha value is -2.15. The van der Waals surface area contributed by atoms with Gasteiger partial charge in [-0.15, -0.1) is 0 Å². The Labute approximate surface area is 115 Å². The van der Waals surface area contributed by atoms with Crippen molar-refractivity contribution in [2.24, 2.45) is 0 Å². The van der Waals surface area contributed by atoms with Crippen LogP contribution in [0.25, 0.3) is 11.1 Å². The number of hydrogen-bond acceptors (Lipinski definition) is 6. The number of aromatic nitrogens is 1. The Bertz CT molecular complexity index is 636. The normalized spacial score (nSPS) is 15.2. The Morgan fingerprint density at radius 2 is 2.35 bits per heavy atom. The maximum Gasteiger partial charge on any atom is 0.298 e. The number of fused-ring (bicyclic) bond motifs is 1. The lowest BCUT2D eigenvalue weighted by molar-refractivity contribution is -0.384. The number of oxazole rings is 1. The number of benzene rings is 1. The second kappa shape index (κ2) is 5.09. The molecule has 0 bridgehead atoms. The average molecular weight is 276 g/mol. The number of nitrogens with one attached hydrogen (secondary N) is 1. The second-order valence-electron chi connectivity index (χ2n) is 4.91. The first-order chi connectivity index (χ1) is 9.69. The second-order valence-corrected chi connectivity index (χ2v) is 4.91. The first kappa shape index (κ1) is 12.9. The van der Waals surface area contributed by atoms with Crippen molar-refractivity contribution in [1.29, 1.82) is 0 Å². The van der Waals surface area contributed by atoms with Crippen molar-refractivity contribution in [2.45, 2.75) is 19.4 Å². The van der Waals surface area contributed by atoms with Crippen molar-refractivity contribution in [3.8, 4) is 0 Å². The molecule has 0 radical (unpaired) electrons. The molecule has 20 heavy (non-hydrogen) atoms. The molecular formula is C13H16N4O3. The fraction of sp³-hybridized carbons (Fsp3) is 0.462. The molecule has 0 saturated carbocycles. The SMILES string of the molecule is CCCN(c1nc2ccc([N+](=O)[O-])cc2o1)C1CNC1. The average Bonchev–Trinajstić information content (AvgIpc) is 2.78. The summed E-state index contributed by atoms with van der Waals surface area (Å²) in [6.45, 7) is 4.80. The zero-order valence-corrected chi connectivity index (χ0v) is 11.2. The van der Waals surface area contributed by atoms with E-state index in [1.165, 1.54) is 12.1 Å². The third-order valence-electron chi connectivity index (χ3n) is 3.48. The largest absolute Gasteiger partial charge is 0.423 e. The van der Waals surface area contributed by atoms with E-state index >= 15 is 0 Å². The van der Waals surface area contributed by atoms with Crippen LogP contribution in [0.4, 0.5) is 11.7 Å². The van der Waals surface area contributed by atoms with E-state index in [9.17, 15) is 10.1 Å². The van der Waals surface area contributed by atoms with Gasteiger partial charge in [-0.05, 0) is 12.5 Å². The Morgan fingerprint density at radius 3 is 2.95 bits per heavy atom. The third-order valence-corrected chi connectivity index (χ3v) is 3.48. The highest BCUT2D eigenvalue weighted by Crippen LogP contribution is 2.27. The van der Waals surface area contributed by atoms with Crippen LogP contribution in [0, 0.1) is 10.1 Å². The number of nitro benzene ring substituents is 1. The van der Waals surface area contributed by atoms with E-state index in [1.807, 2.05) is 0 Å². The molecule has 0 aliphatic carbocycles. The van der Waals surface area contributed by atoms with Crippen LogP contribution in [0.2, 0.25) is 0 Å². The quantitative estimate of drug-likeness (QED) is 0.663. The van der Waals surface area contributed by atoms with Crippen LogP contribution < -0.4 is 10.2 Å². The molecule has 0 spiro atoms. The molecule has 2 heterocycles. The van der Waals surface area contributed by atoms with Gasteiger partial charge in [-0.1, -0.05) is 6.92 Å². The van der Waals surface area contributed by atoms with E-state index in [0.717, 1.165) is 26.1 Å². The van der Waals surface area contributed by atoms with Crippen molar-refractivity contribution in [2.75, 3.05) is 24.5 Å². The van der Waals surface area contributed by atoms with Crippen LogP contribution in [0.15, 0.2) is 22.6 Å². The molecule has 1 saturated heterocycles. The van der Waals surface area contributed by atoms with Gasteiger partial charge in [0.05, 0.1) is 17.0 Å². The van der Waals surface area contributed by atoms with Crippen molar-refractivity contribution in [3.05, 3.63) is 28.3 Å². The molecule has 1 N–H and O–H groups in total. The van der Waals surface area contributed by atoms with Gasteiger partial charge in [-0.25, -0.2) is 0 Å². The van der Waals surface area contributed by atoms with E-state index in [-0.39, 0.29) is 5.69 Å². The first-order valence-corrected chi connectivity index (χ1v) is 6.71.